The van der Waals surface area contributed by atoms with E-state index < -0.39 is 35.3 Å². The van der Waals surface area contributed by atoms with Gasteiger partial charge in [0.2, 0.25) is 0 Å². The first-order chi connectivity index (χ1) is 13.5. The van der Waals surface area contributed by atoms with E-state index in [1.54, 1.807) is 19.1 Å². The number of anilines is 1. The number of rotatable bonds is 4. The van der Waals surface area contributed by atoms with Crippen LogP contribution in [0.25, 0.3) is 0 Å². The van der Waals surface area contributed by atoms with Crippen LogP contribution in [-0.2, 0) is 24.9 Å². The smallest absolute Gasteiger partial charge is 0.331 e. The van der Waals surface area contributed by atoms with Gasteiger partial charge in [-0.25, -0.2) is 9.59 Å². The lowest BCUT2D eigenvalue weighted by molar-refractivity contribution is -0.146. The van der Waals surface area contributed by atoms with Gasteiger partial charge >= 0.3 is 12.0 Å². The second-order valence-corrected chi connectivity index (χ2v) is 10.5. The van der Waals surface area contributed by atoms with Gasteiger partial charge in [0.05, 0.1) is 17.7 Å². The summed E-state index contributed by atoms with van der Waals surface area (Å²) in [5.41, 5.74) is 1.40. The van der Waals surface area contributed by atoms with Gasteiger partial charge in [-0.05, 0) is 51.8 Å². The topological polar surface area (TPSA) is 91.7 Å². The van der Waals surface area contributed by atoms with E-state index in [1.165, 1.54) is 12.0 Å². The zero-order valence-corrected chi connectivity index (χ0v) is 19.1. The van der Waals surface area contributed by atoms with Crippen molar-refractivity contribution in [3.05, 3.63) is 28.3 Å². The zero-order valence-electron chi connectivity index (χ0n) is 17.5. The summed E-state index contributed by atoms with van der Waals surface area (Å²) in [5, 5.41) is 12.2. The standard InChI is InChI=1S/C20H26ClN3O4S/c1-12-14(8-7-13(11-22)16(12)21)23-19(26)24-10-9-15(17(24)18(25)27-5)28-29(6)20(2,3)4/h7-8,15,17H,9-10H2,1-6H3/p+1/t15-,17-,29?/m0/s1. The number of esters is 1. The van der Waals surface area contributed by atoms with E-state index in [0.717, 1.165) is 0 Å². The number of carbonyl (C=O) groups is 2. The number of hydrogen-bond acceptors (Lipinski definition) is 5. The fourth-order valence-corrected chi connectivity index (χ4v) is 3.98. The van der Waals surface area contributed by atoms with Crippen molar-refractivity contribution in [2.24, 2.45) is 0 Å². The van der Waals surface area contributed by atoms with E-state index in [9.17, 15) is 9.59 Å². The van der Waals surface area contributed by atoms with Crippen LogP contribution < -0.4 is 5.32 Å². The molecule has 0 aromatic heterocycles. The Kier molecular flexibility index (Phi) is 7.44. The van der Waals surface area contributed by atoms with Crippen LogP contribution in [0.1, 0.15) is 38.3 Å². The average molecular weight is 441 g/mol. The number of nitrogens with zero attached hydrogens (tertiary/aromatic N) is 2. The van der Waals surface area contributed by atoms with Gasteiger partial charge in [-0.3, -0.25) is 0 Å². The number of amides is 2. The van der Waals surface area contributed by atoms with Gasteiger partial charge in [0.25, 0.3) is 0 Å². The van der Waals surface area contributed by atoms with Crippen LogP contribution in [0.4, 0.5) is 10.5 Å². The maximum absolute atomic E-state index is 12.9. The number of nitriles is 1. The normalized spacial score (nSPS) is 20.1. The number of likely N-dealkylation sites (tertiary alicyclic amines) is 1. The van der Waals surface area contributed by atoms with Crippen molar-refractivity contribution in [3.63, 3.8) is 0 Å². The summed E-state index contributed by atoms with van der Waals surface area (Å²) in [6, 6.07) is 3.90. The van der Waals surface area contributed by atoms with Gasteiger partial charge in [0.15, 0.2) is 10.8 Å². The van der Waals surface area contributed by atoms with E-state index in [4.69, 9.17) is 25.8 Å². The van der Waals surface area contributed by atoms with E-state index in [0.29, 0.717) is 29.8 Å². The van der Waals surface area contributed by atoms with Crippen molar-refractivity contribution < 1.29 is 18.5 Å². The van der Waals surface area contributed by atoms with E-state index in [1.807, 2.05) is 12.3 Å². The molecule has 158 valence electrons. The molecule has 1 aliphatic rings. The molecule has 1 fully saturated rings. The third-order valence-electron chi connectivity index (χ3n) is 4.92. The van der Waals surface area contributed by atoms with E-state index >= 15 is 0 Å². The number of hydrogen-bond donors (Lipinski definition) is 1. The second-order valence-electron chi connectivity index (χ2n) is 7.79. The second kappa shape index (κ2) is 9.24. The third-order valence-corrected chi connectivity index (χ3v) is 7.67. The lowest BCUT2D eigenvalue weighted by Crippen LogP contribution is -2.49. The fraction of sp³-hybridized carbons (Fsp3) is 0.550. The summed E-state index contributed by atoms with van der Waals surface area (Å²) in [6.45, 7) is 8.29. The molecule has 1 aromatic carbocycles. The molecule has 1 heterocycles. The molecule has 1 N–H and O–H groups in total. The number of benzene rings is 1. The molecule has 1 aliphatic heterocycles. The first-order valence-electron chi connectivity index (χ1n) is 9.19. The van der Waals surface area contributed by atoms with Crippen molar-refractivity contribution in [2.45, 2.75) is 51.0 Å². The Morgan fingerprint density at radius 1 is 1.38 bits per heavy atom. The predicted molar refractivity (Wildman–Crippen MR) is 115 cm³/mol. The molecule has 2 amide bonds. The summed E-state index contributed by atoms with van der Waals surface area (Å²) in [7, 11) is 1.30. The SMILES string of the molecule is COC(=O)[C@@H]1[C@@H](O[S+](C)C(C)(C)C)CCN1C(=O)Nc1ccc(C#N)c(Cl)c1C. The highest BCUT2D eigenvalue weighted by Gasteiger charge is 2.48. The Labute approximate surface area is 179 Å². The minimum atomic E-state index is -0.827. The monoisotopic (exact) mass is 440 g/mol. The molecule has 7 nitrogen and oxygen atoms in total. The first-order valence-corrected chi connectivity index (χ1v) is 11.1. The number of nitrogens with one attached hydrogen (secondary N) is 1. The summed E-state index contributed by atoms with van der Waals surface area (Å²) >= 11 is 5.78. The summed E-state index contributed by atoms with van der Waals surface area (Å²) < 4.78 is 11.0. The molecule has 1 aromatic rings. The predicted octanol–water partition coefficient (Wildman–Crippen LogP) is 3.65. The lowest BCUT2D eigenvalue weighted by atomic mass is 10.1. The van der Waals surface area contributed by atoms with Gasteiger partial charge < -0.3 is 15.0 Å². The van der Waals surface area contributed by atoms with Crippen molar-refractivity contribution >= 4 is 40.5 Å². The lowest BCUT2D eigenvalue weighted by Gasteiger charge is -2.26. The van der Waals surface area contributed by atoms with Gasteiger partial charge in [-0.1, -0.05) is 11.6 Å². The molecular weight excluding hydrogens is 414 g/mol. The minimum Gasteiger partial charge on any atom is -0.467 e. The molecule has 29 heavy (non-hydrogen) atoms. The molecular formula is C20H27ClN3O4S+. The number of urea groups is 1. The third kappa shape index (κ3) is 5.16. The quantitative estimate of drug-likeness (QED) is 0.570. The van der Waals surface area contributed by atoms with Gasteiger partial charge in [0.1, 0.15) is 29.6 Å². The highest BCUT2D eigenvalue weighted by molar-refractivity contribution is 7.93. The Morgan fingerprint density at radius 2 is 2.03 bits per heavy atom. The molecule has 0 saturated carbocycles. The highest BCUT2D eigenvalue weighted by atomic mass is 35.5. The molecule has 0 radical (unpaired) electrons. The Bertz CT molecular complexity index is 834. The van der Waals surface area contributed by atoms with Crippen LogP contribution in [0.2, 0.25) is 5.02 Å². The highest BCUT2D eigenvalue weighted by Crippen LogP contribution is 2.30. The van der Waals surface area contributed by atoms with Gasteiger partial charge in [-0.15, -0.1) is 0 Å². The van der Waals surface area contributed by atoms with Crippen LogP contribution in [0.5, 0.6) is 0 Å². The van der Waals surface area contributed by atoms with Crippen molar-refractivity contribution in [3.8, 4) is 6.07 Å². The molecule has 1 saturated heterocycles. The Morgan fingerprint density at radius 3 is 2.59 bits per heavy atom. The number of methoxy groups -OCH3 is 1. The van der Waals surface area contributed by atoms with E-state index in [2.05, 4.69) is 26.1 Å². The van der Waals surface area contributed by atoms with Crippen LogP contribution >= 0.6 is 11.6 Å². The molecule has 0 aliphatic carbocycles. The van der Waals surface area contributed by atoms with E-state index in [-0.39, 0.29) is 9.77 Å². The number of carbonyl (C=O) groups excluding carboxylic acids is 2. The number of ether oxygens (including phenoxy) is 1. The average Bonchev–Trinajstić information content (AvgIpc) is 3.08. The van der Waals surface area contributed by atoms with Crippen molar-refractivity contribution in [2.75, 3.05) is 25.2 Å². The van der Waals surface area contributed by atoms with Gasteiger partial charge in [0, 0.05) is 12.2 Å². The molecule has 0 spiro atoms. The molecule has 9 heteroatoms. The van der Waals surface area contributed by atoms with Crippen LogP contribution in [-0.4, -0.2) is 53.7 Å². The maximum Gasteiger partial charge on any atom is 0.331 e. The summed E-state index contributed by atoms with van der Waals surface area (Å²) in [6.07, 6.45) is 2.08. The largest absolute Gasteiger partial charge is 0.467 e. The summed E-state index contributed by atoms with van der Waals surface area (Å²) in [4.78, 5) is 26.8. The van der Waals surface area contributed by atoms with Crippen molar-refractivity contribution in [1.29, 1.82) is 5.26 Å². The zero-order chi connectivity index (χ0) is 21.9. The van der Waals surface area contributed by atoms with Crippen LogP contribution in [0.3, 0.4) is 0 Å². The number of halogens is 1. The first kappa shape index (κ1) is 23.3. The summed E-state index contributed by atoms with van der Waals surface area (Å²) in [5.74, 6) is -0.511. The van der Waals surface area contributed by atoms with Crippen LogP contribution in [0, 0.1) is 18.3 Å². The Hall–Kier alpha value is -1.95. The van der Waals surface area contributed by atoms with Gasteiger partial charge in [-0.2, -0.15) is 9.44 Å². The molecule has 1 unspecified atom stereocenters. The van der Waals surface area contributed by atoms with Crippen LogP contribution in [0.15, 0.2) is 12.1 Å². The molecule has 2 rings (SSSR count). The maximum atomic E-state index is 12.9. The minimum absolute atomic E-state index is 0.0767. The van der Waals surface area contributed by atoms with Crippen molar-refractivity contribution in [1.82, 2.24) is 4.90 Å². The fourth-order valence-electron chi connectivity index (χ4n) is 2.92. The molecule has 0 bridgehead atoms. The Balaban J connectivity index is 2.22. The molecule has 3 atom stereocenters.